The lowest BCUT2D eigenvalue weighted by Crippen LogP contribution is -2.33. The van der Waals surface area contributed by atoms with Crippen LogP contribution in [0.3, 0.4) is 0 Å². The van der Waals surface area contributed by atoms with Gasteiger partial charge in [0.15, 0.2) is 17.0 Å². The van der Waals surface area contributed by atoms with Gasteiger partial charge in [-0.1, -0.05) is 0 Å². The molecule has 0 aliphatic carbocycles. The lowest BCUT2D eigenvalue weighted by atomic mass is 10.1. The van der Waals surface area contributed by atoms with E-state index < -0.39 is 17.8 Å². The molecule has 0 atom stereocenters. The zero-order valence-corrected chi connectivity index (χ0v) is 25.8. The molecule has 2 aromatic carbocycles. The first-order valence-corrected chi connectivity index (χ1v) is 14.3. The third kappa shape index (κ3) is 9.22. The van der Waals surface area contributed by atoms with Gasteiger partial charge in [0.1, 0.15) is 17.8 Å². The monoisotopic (exact) mass is 676 g/mol. The van der Waals surface area contributed by atoms with E-state index in [0.29, 0.717) is 48.2 Å². The number of tetrazole rings is 1. The van der Waals surface area contributed by atoms with Crippen LogP contribution in [0.25, 0.3) is 6.08 Å². The molecule has 0 saturated carbocycles. The first kappa shape index (κ1) is 34.7. The molecule has 0 radical (unpaired) electrons. The second-order valence-electron chi connectivity index (χ2n) is 9.76. The van der Waals surface area contributed by atoms with Gasteiger partial charge in [-0.15, -0.1) is 15.0 Å². The van der Waals surface area contributed by atoms with Crippen LogP contribution in [-0.2, 0) is 0 Å². The maximum Gasteiger partial charge on any atom is 0.337 e. The third-order valence-corrected chi connectivity index (χ3v) is 6.52. The molecule has 1 aliphatic rings. The number of aliphatic hydroxyl groups excluding tert-OH is 1. The summed E-state index contributed by atoms with van der Waals surface area (Å²) in [6.45, 7) is 0.621. The average Bonchev–Trinajstić information content (AvgIpc) is 3.58. The predicted molar refractivity (Wildman–Crippen MR) is 174 cm³/mol. The van der Waals surface area contributed by atoms with Crippen LogP contribution in [0.2, 0.25) is 0 Å². The highest BCUT2D eigenvalue weighted by molar-refractivity contribution is 6.06. The van der Waals surface area contributed by atoms with E-state index in [-0.39, 0.29) is 34.6 Å². The Balaban J connectivity index is 0.000000411. The van der Waals surface area contributed by atoms with E-state index in [1.165, 1.54) is 41.2 Å². The third-order valence-electron chi connectivity index (χ3n) is 6.52. The van der Waals surface area contributed by atoms with Gasteiger partial charge in [0, 0.05) is 12.7 Å². The largest absolute Gasteiger partial charge is 0.513 e. The van der Waals surface area contributed by atoms with Crippen LogP contribution in [-0.4, -0.2) is 83.6 Å². The number of unbranched alkanes of at least 4 members (excludes halogenated alkanes) is 1. The number of aromatic nitrogens is 6. The van der Waals surface area contributed by atoms with Crippen LogP contribution < -0.4 is 42.7 Å². The number of allylic oxidation sites excluding steroid dienone is 1. The number of nitrogens with one attached hydrogen (secondary N) is 3. The van der Waals surface area contributed by atoms with Gasteiger partial charge < -0.3 is 47.1 Å². The summed E-state index contributed by atoms with van der Waals surface area (Å²) in [5, 5.41) is 50.7. The molecule has 49 heavy (non-hydrogen) atoms. The summed E-state index contributed by atoms with van der Waals surface area (Å²) in [5.74, 6) is 9.11. The number of aliphatic hydroxyl groups is 1. The van der Waals surface area contributed by atoms with Crippen LogP contribution in [0.1, 0.15) is 49.9 Å². The number of nitrogen functional groups attached to an aromatic ring is 1. The summed E-state index contributed by atoms with van der Waals surface area (Å²) in [7, 11) is 1.64. The number of amides is 1. The van der Waals surface area contributed by atoms with E-state index in [9.17, 15) is 24.6 Å². The van der Waals surface area contributed by atoms with Gasteiger partial charge in [0.05, 0.1) is 35.7 Å². The Morgan fingerprint density at radius 1 is 0.959 bits per heavy atom. The summed E-state index contributed by atoms with van der Waals surface area (Å²) in [6.07, 6.45) is 5.52. The first-order valence-electron chi connectivity index (χ1n) is 14.3. The van der Waals surface area contributed by atoms with Gasteiger partial charge >= 0.3 is 11.9 Å². The molecule has 0 fully saturated rings. The summed E-state index contributed by atoms with van der Waals surface area (Å²) in [5.41, 5.74) is 3.82. The number of carboxylic acids is 2. The fourth-order valence-electron chi connectivity index (χ4n) is 4.10. The van der Waals surface area contributed by atoms with Crippen molar-refractivity contribution in [2.75, 3.05) is 42.2 Å². The second-order valence-corrected chi connectivity index (χ2v) is 9.76. The second kappa shape index (κ2) is 16.4. The topological polar surface area (TPSA) is 292 Å². The Bertz CT molecular complexity index is 1950. The van der Waals surface area contributed by atoms with Gasteiger partial charge in [-0.25, -0.2) is 9.59 Å². The minimum Gasteiger partial charge on any atom is -0.513 e. The number of hydrogen-bond acceptors (Lipinski definition) is 15. The molecule has 0 spiro atoms. The van der Waals surface area contributed by atoms with Crippen molar-refractivity contribution in [3.63, 3.8) is 0 Å². The number of rotatable bonds is 12. The van der Waals surface area contributed by atoms with Crippen molar-refractivity contribution in [1.82, 2.24) is 30.2 Å². The molecule has 5 rings (SSSR count). The smallest absolute Gasteiger partial charge is 0.337 e. The standard InChI is InChI=1S/C24H27N7O7.C5H5N5O/c1-27-18-6-4-14(12-16(18)23(33)34)37-10-2-3-11-38-15-5-7-19(17(13-15)24(35)36)28-22(32)20-8-9-21(29-25)31(26)30-20;11-3-4-1-2-5-6-8-9-10(5)7-4/h4-9,12-13,27H,2-3,10-11,25-26H2,1H3,(H,28,32)(H,33,34)(H,35,36);1-3,7,11H/b29-21-;4-3+. The first-order chi connectivity index (χ1) is 23.6. The number of aromatic carboxylic acids is 2. The molecule has 20 nitrogen and oxygen atoms in total. The maximum absolute atomic E-state index is 12.5. The Kier molecular flexibility index (Phi) is 11.7. The van der Waals surface area contributed by atoms with Crippen molar-refractivity contribution >= 4 is 35.3 Å². The normalized spacial score (nSPS) is 12.6. The zero-order chi connectivity index (χ0) is 35.3. The molecule has 0 unspecified atom stereocenters. The van der Waals surface area contributed by atoms with Gasteiger partial charge in [-0.3, -0.25) is 10.2 Å². The molecule has 3 heterocycles. The molecule has 4 aromatic rings. The number of anilines is 2. The van der Waals surface area contributed by atoms with E-state index in [1.54, 1.807) is 31.3 Å². The van der Waals surface area contributed by atoms with Crippen LogP contribution >= 0.6 is 0 Å². The van der Waals surface area contributed by atoms with E-state index >= 15 is 0 Å². The highest BCUT2D eigenvalue weighted by Crippen LogP contribution is 2.24. The number of nitrogens with zero attached hydrogens (tertiary/aromatic N) is 7. The highest BCUT2D eigenvalue weighted by Gasteiger charge is 2.17. The Hall–Kier alpha value is -7.12. The summed E-state index contributed by atoms with van der Waals surface area (Å²) in [4.78, 5) is 37.8. The number of fused-ring (bicyclic) bond motifs is 1. The van der Waals surface area contributed by atoms with Crippen LogP contribution in [0.4, 0.5) is 11.4 Å². The average molecular weight is 677 g/mol. The molecule has 0 bridgehead atoms. The number of carboxylic acid groups (broad SMARTS) is 2. The lowest BCUT2D eigenvalue weighted by Gasteiger charge is -2.12. The Morgan fingerprint density at radius 2 is 1.59 bits per heavy atom. The molecule has 0 saturated heterocycles. The van der Waals surface area contributed by atoms with Crippen molar-refractivity contribution in [1.29, 1.82) is 0 Å². The zero-order valence-electron chi connectivity index (χ0n) is 25.8. The predicted octanol–water partition coefficient (Wildman–Crippen LogP) is 0.943. The molecule has 20 heteroatoms. The van der Waals surface area contributed by atoms with Gasteiger partial charge in [-0.05, 0) is 84.0 Å². The van der Waals surface area contributed by atoms with Gasteiger partial charge in [0.25, 0.3) is 5.91 Å². The molecule has 10 N–H and O–H groups in total. The number of carbonyl (C=O) groups is 3. The maximum atomic E-state index is 12.5. The van der Waals surface area contributed by atoms with Crippen LogP contribution in [0.5, 0.6) is 11.5 Å². The molecule has 1 aliphatic heterocycles. The van der Waals surface area contributed by atoms with Crippen LogP contribution in [0, 0.1) is 0 Å². The fraction of sp³-hybridized carbons (Fsp3) is 0.172. The minimum atomic E-state index is -1.26. The lowest BCUT2D eigenvalue weighted by molar-refractivity contribution is 0.0686. The minimum absolute atomic E-state index is 0.0474. The van der Waals surface area contributed by atoms with Gasteiger partial charge in [0.2, 0.25) is 0 Å². The Morgan fingerprint density at radius 3 is 2.16 bits per heavy atom. The fourth-order valence-corrected chi connectivity index (χ4v) is 4.10. The highest BCUT2D eigenvalue weighted by atomic mass is 16.5. The van der Waals surface area contributed by atoms with E-state index in [2.05, 4.69) is 41.8 Å². The van der Waals surface area contributed by atoms with Crippen molar-refractivity contribution in [3.05, 3.63) is 94.7 Å². The number of carbonyl (C=O) groups excluding carboxylic acids is 1. The quantitative estimate of drug-likeness (QED) is 0.0448. The number of ether oxygens (including phenoxy) is 2. The number of hydrogen-bond donors (Lipinski definition) is 8. The summed E-state index contributed by atoms with van der Waals surface area (Å²) in [6, 6.07) is 11.7. The van der Waals surface area contributed by atoms with Crippen molar-refractivity contribution in [2.45, 2.75) is 12.8 Å². The van der Waals surface area contributed by atoms with Crippen molar-refractivity contribution < 1.29 is 39.2 Å². The summed E-state index contributed by atoms with van der Waals surface area (Å²) >= 11 is 0. The molecule has 256 valence electrons. The molecule has 1 amide bonds. The van der Waals surface area contributed by atoms with E-state index in [0.717, 1.165) is 11.1 Å². The Labute approximate surface area is 276 Å². The molecule has 2 aromatic heterocycles. The molecular weight excluding hydrogens is 644 g/mol. The van der Waals surface area contributed by atoms with E-state index in [4.69, 9.17) is 26.3 Å². The molecular formula is C29H32N12O8. The number of nitrogens with two attached hydrogens (primary N) is 2. The summed E-state index contributed by atoms with van der Waals surface area (Å²) < 4.78 is 11.3. The van der Waals surface area contributed by atoms with Gasteiger partial charge in [-0.2, -0.15) is 9.89 Å². The SMILES string of the molecule is CNc1ccc(OCCCCOc2ccc(NC(=O)c3cc/c(=N/N)n(N)n3)c(C(=O)O)c2)cc1C(=O)O.O/C=C1\C=Cc2nnnn2N1. The van der Waals surface area contributed by atoms with Crippen molar-refractivity contribution in [3.8, 4) is 11.5 Å². The van der Waals surface area contributed by atoms with Crippen LogP contribution in [0.15, 0.2) is 71.7 Å². The van der Waals surface area contributed by atoms with E-state index in [1.807, 2.05) is 0 Å². The van der Waals surface area contributed by atoms with Crippen molar-refractivity contribution in [2.24, 2.45) is 10.9 Å². The number of benzene rings is 2.